The van der Waals surface area contributed by atoms with Crippen molar-refractivity contribution in [3.63, 3.8) is 0 Å². The lowest BCUT2D eigenvalue weighted by atomic mass is 10.1. The first-order valence-corrected chi connectivity index (χ1v) is 5.93. The molecular weight excluding hydrogens is 210 g/mol. The van der Waals surface area contributed by atoms with E-state index in [0.29, 0.717) is 0 Å². The van der Waals surface area contributed by atoms with Crippen molar-refractivity contribution in [2.24, 2.45) is 0 Å². The Labute approximate surface area is 102 Å². The van der Waals surface area contributed by atoms with Crippen LogP contribution in [0.4, 0.5) is 5.82 Å². The molecule has 3 heteroatoms. The summed E-state index contributed by atoms with van der Waals surface area (Å²) in [5.74, 6) is 0.931. The number of pyridine rings is 2. The highest BCUT2D eigenvalue weighted by atomic mass is 15.0. The predicted molar refractivity (Wildman–Crippen MR) is 71.0 cm³/mol. The van der Waals surface area contributed by atoms with Crippen LogP contribution in [0.3, 0.4) is 0 Å². The molecule has 0 radical (unpaired) electrons. The Bertz CT molecular complexity index is 494. The molecule has 0 unspecified atom stereocenters. The fourth-order valence-corrected chi connectivity index (χ4v) is 1.70. The van der Waals surface area contributed by atoms with Crippen LogP contribution in [-0.4, -0.2) is 16.5 Å². The van der Waals surface area contributed by atoms with Crippen molar-refractivity contribution in [2.45, 2.75) is 20.3 Å². The number of aromatic nitrogens is 2. The topological polar surface area (TPSA) is 37.8 Å². The summed E-state index contributed by atoms with van der Waals surface area (Å²) in [6.07, 6.45) is 4.76. The van der Waals surface area contributed by atoms with Crippen LogP contribution in [0.1, 0.15) is 18.9 Å². The fourth-order valence-electron chi connectivity index (χ4n) is 1.70. The van der Waals surface area contributed by atoms with Crippen LogP contribution in [0.2, 0.25) is 0 Å². The van der Waals surface area contributed by atoms with E-state index in [4.69, 9.17) is 0 Å². The Balaban J connectivity index is 2.30. The SMILES string of the molecule is CCCNc1cccc(-c2ccncc2C)n1. The average molecular weight is 227 g/mol. The molecule has 0 fully saturated rings. The molecule has 1 N–H and O–H groups in total. The van der Waals surface area contributed by atoms with Gasteiger partial charge < -0.3 is 5.32 Å². The molecule has 0 bridgehead atoms. The molecule has 2 aromatic rings. The third kappa shape index (κ3) is 2.81. The Morgan fingerprint density at radius 3 is 2.88 bits per heavy atom. The van der Waals surface area contributed by atoms with E-state index in [-0.39, 0.29) is 0 Å². The largest absolute Gasteiger partial charge is 0.370 e. The molecule has 0 saturated carbocycles. The van der Waals surface area contributed by atoms with Crippen LogP contribution in [0.15, 0.2) is 36.7 Å². The first-order chi connectivity index (χ1) is 8.31. The molecule has 0 aliphatic heterocycles. The van der Waals surface area contributed by atoms with E-state index in [0.717, 1.165) is 35.6 Å². The molecule has 2 rings (SSSR count). The summed E-state index contributed by atoms with van der Waals surface area (Å²) in [6, 6.07) is 8.05. The van der Waals surface area contributed by atoms with Crippen molar-refractivity contribution >= 4 is 5.82 Å². The van der Waals surface area contributed by atoms with Crippen molar-refractivity contribution in [3.8, 4) is 11.3 Å². The summed E-state index contributed by atoms with van der Waals surface area (Å²) in [7, 11) is 0. The molecule has 17 heavy (non-hydrogen) atoms. The van der Waals surface area contributed by atoms with E-state index in [9.17, 15) is 0 Å². The lowest BCUT2D eigenvalue weighted by Gasteiger charge is -2.08. The molecule has 2 heterocycles. The summed E-state index contributed by atoms with van der Waals surface area (Å²) in [4.78, 5) is 8.70. The summed E-state index contributed by atoms with van der Waals surface area (Å²) in [6.45, 7) is 5.14. The maximum Gasteiger partial charge on any atom is 0.126 e. The highest BCUT2D eigenvalue weighted by Gasteiger charge is 2.03. The molecule has 0 saturated heterocycles. The van der Waals surface area contributed by atoms with Crippen LogP contribution in [-0.2, 0) is 0 Å². The Hall–Kier alpha value is -1.90. The quantitative estimate of drug-likeness (QED) is 0.871. The minimum atomic E-state index is 0.931. The Morgan fingerprint density at radius 1 is 1.24 bits per heavy atom. The average Bonchev–Trinajstić information content (AvgIpc) is 2.37. The second-order valence-electron chi connectivity index (χ2n) is 4.03. The van der Waals surface area contributed by atoms with Gasteiger partial charge in [0.2, 0.25) is 0 Å². The molecule has 88 valence electrons. The van der Waals surface area contributed by atoms with Gasteiger partial charge in [-0.2, -0.15) is 0 Å². The van der Waals surface area contributed by atoms with Crippen molar-refractivity contribution in [1.82, 2.24) is 9.97 Å². The lowest BCUT2D eigenvalue weighted by molar-refractivity contribution is 0.970. The molecule has 0 amide bonds. The van der Waals surface area contributed by atoms with Gasteiger partial charge in [-0.3, -0.25) is 4.98 Å². The number of nitrogens with zero attached hydrogens (tertiary/aromatic N) is 2. The van der Waals surface area contributed by atoms with Crippen LogP contribution in [0, 0.1) is 6.92 Å². The van der Waals surface area contributed by atoms with Crippen molar-refractivity contribution in [2.75, 3.05) is 11.9 Å². The van der Waals surface area contributed by atoms with E-state index < -0.39 is 0 Å². The highest BCUT2D eigenvalue weighted by Crippen LogP contribution is 2.21. The predicted octanol–water partition coefficient (Wildman–Crippen LogP) is 3.27. The van der Waals surface area contributed by atoms with Gasteiger partial charge >= 0.3 is 0 Å². The maximum atomic E-state index is 4.60. The Morgan fingerprint density at radius 2 is 2.12 bits per heavy atom. The van der Waals surface area contributed by atoms with Gasteiger partial charge in [0.15, 0.2) is 0 Å². The van der Waals surface area contributed by atoms with Crippen LogP contribution in [0.25, 0.3) is 11.3 Å². The normalized spacial score (nSPS) is 10.2. The molecule has 0 spiro atoms. The zero-order chi connectivity index (χ0) is 12.1. The van der Waals surface area contributed by atoms with Crippen molar-refractivity contribution in [3.05, 3.63) is 42.2 Å². The van der Waals surface area contributed by atoms with Gasteiger partial charge in [0, 0.05) is 24.5 Å². The minimum absolute atomic E-state index is 0.931. The first-order valence-electron chi connectivity index (χ1n) is 5.93. The molecule has 2 aromatic heterocycles. The van der Waals surface area contributed by atoms with Gasteiger partial charge in [0.25, 0.3) is 0 Å². The van der Waals surface area contributed by atoms with Gasteiger partial charge in [0.1, 0.15) is 5.82 Å². The first kappa shape index (κ1) is 11.6. The molecule has 3 nitrogen and oxygen atoms in total. The summed E-state index contributed by atoms with van der Waals surface area (Å²) in [5, 5.41) is 3.30. The second-order valence-corrected chi connectivity index (χ2v) is 4.03. The third-order valence-electron chi connectivity index (χ3n) is 2.60. The third-order valence-corrected chi connectivity index (χ3v) is 2.60. The van der Waals surface area contributed by atoms with Gasteiger partial charge in [-0.1, -0.05) is 13.0 Å². The number of nitrogens with one attached hydrogen (secondary N) is 1. The summed E-state index contributed by atoms with van der Waals surface area (Å²) >= 11 is 0. The molecular formula is C14H17N3. The smallest absolute Gasteiger partial charge is 0.126 e. The minimum Gasteiger partial charge on any atom is -0.370 e. The van der Waals surface area contributed by atoms with Gasteiger partial charge in [-0.05, 0) is 37.1 Å². The summed E-state index contributed by atoms with van der Waals surface area (Å²) in [5.41, 5.74) is 3.28. The molecule has 0 atom stereocenters. The van der Waals surface area contributed by atoms with E-state index in [2.05, 4.69) is 29.1 Å². The highest BCUT2D eigenvalue weighted by molar-refractivity contribution is 5.64. The molecule has 0 aliphatic rings. The van der Waals surface area contributed by atoms with E-state index in [1.54, 1.807) is 6.20 Å². The number of hydrogen-bond donors (Lipinski definition) is 1. The molecule has 0 aromatic carbocycles. The zero-order valence-corrected chi connectivity index (χ0v) is 10.3. The Kier molecular flexibility index (Phi) is 3.70. The van der Waals surface area contributed by atoms with Crippen molar-refractivity contribution < 1.29 is 0 Å². The van der Waals surface area contributed by atoms with Gasteiger partial charge in [0.05, 0.1) is 5.69 Å². The van der Waals surface area contributed by atoms with Gasteiger partial charge in [-0.15, -0.1) is 0 Å². The monoisotopic (exact) mass is 227 g/mol. The van der Waals surface area contributed by atoms with Crippen LogP contribution >= 0.6 is 0 Å². The number of aryl methyl sites for hydroxylation is 1. The molecule has 0 aliphatic carbocycles. The van der Waals surface area contributed by atoms with Gasteiger partial charge in [-0.25, -0.2) is 4.98 Å². The zero-order valence-electron chi connectivity index (χ0n) is 10.3. The standard InChI is InChI=1S/C14H17N3/c1-3-8-16-14-6-4-5-13(17-14)12-7-9-15-10-11(12)2/h4-7,9-10H,3,8H2,1-2H3,(H,16,17). The van der Waals surface area contributed by atoms with Crippen molar-refractivity contribution in [1.29, 1.82) is 0 Å². The maximum absolute atomic E-state index is 4.60. The van der Waals surface area contributed by atoms with E-state index >= 15 is 0 Å². The van der Waals surface area contributed by atoms with Crippen LogP contribution < -0.4 is 5.32 Å². The van der Waals surface area contributed by atoms with E-state index in [1.807, 2.05) is 30.5 Å². The number of hydrogen-bond acceptors (Lipinski definition) is 3. The lowest BCUT2D eigenvalue weighted by Crippen LogP contribution is -2.02. The summed E-state index contributed by atoms with van der Waals surface area (Å²) < 4.78 is 0. The van der Waals surface area contributed by atoms with E-state index in [1.165, 1.54) is 0 Å². The van der Waals surface area contributed by atoms with Crippen LogP contribution in [0.5, 0.6) is 0 Å². The number of rotatable bonds is 4. The second kappa shape index (κ2) is 5.43. The fraction of sp³-hybridized carbons (Fsp3) is 0.286. The number of anilines is 1.